The molecule has 15 heavy (non-hydrogen) atoms. The zero-order valence-corrected chi connectivity index (χ0v) is 10.3. The summed E-state index contributed by atoms with van der Waals surface area (Å²) >= 11 is 0. The van der Waals surface area contributed by atoms with Crippen molar-refractivity contribution in [2.24, 2.45) is 0 Å². The summed E-state index contributed by atoms with van der Waals surface area (Å²) in [6, 6.07) is 0. The molecule has 0 atom stereocenters. The van der Waals surface area contributed by atoms with E-state index in [-0.39, 0.29) is 5.97 Å². The van der Waals surface area contributed by atoms with Gasteiger partial charge in [-0.15, -0.1) is 0 Å². The molecule has 0 amide bonds. The summed E-state index contributed by atoms with van der Waals surface area (Å²) in [5.74, 6) is -0.129. The predicted octanol–water partition coefficient (Wildman–Crippen LogP) is 3.86. The maximum absolute atomic E-state index is 11.5. The normalized spacial score (nSPS) is 11.5. The molecule has 0 rings (SSSR count). The van der Waals surface area contributed by atoms with Crippen LogP contribution in [0.3, 0.4) is 0 Å². The number of rotatable bonds is 8. The Kier molecular flexibility index (Phi) is 9.24. The Morgan fingerprint density at radius 3 is 2.40 bits per heavy atom. The monoisotopic (exact) mass is 212 g/mol. The quantitative estimate of drug-likeness (QED) is 0.347. The van der Waals surface area contributed by atoms with Gasteiger partial charge in [0.1, 0.15) is 0 Å². The summed E-state index contributed by atoms with van der Waals surface area (Å²) in [5.41, 5.74) is 0.813. The van der Waals surface area contributed by atoms with Gasteiger partial charge in [0.25, 0.3) is 0 Å². The van der Waals surface area contributed by atoms with Gasteiger partial charge in [0, 0.05) is 5.57 Å². The number of allylic oxidation sites excluding steroid dienone is 1. The van der Waals surface area contributed by atoms with E-state index in [1.807, 2.05) is 19.9 Å². The van der Waals surface area contributed by atoms with Crippen molar-refractivity contribution in [3.05, 3.63) is 11.6 Å². The number of hydrogen-bond acceptors (Lipinski definition) is 2. The van der Waals surface area contributed by atoms with Crippen molar-refractivity contribution in [2.45, 2.75) is 59.3 Å². The highest BCUT2D eigenvalue weighted by Crippen LogP contribution is 2.06. The van der Waals surface area contributed by atoms with Gasteiger partial charge in [-0.05, 0) is 19.3 Å². The van der Waals surface area contributed by atoms with Crippen molar-refractivity contribution in [1.82, 2.24) is 0 Å². The molecule has 0 radical (unpaired) electrons. The minimum Gasteiger partial charge on any atom is -0.462 e. The maximum Gasteiger partial charge on any atom is 0.333 e. The van der Waals surface area contributed by atoms with Gasteiger partial charge in [0.15, 0.2) is 0 Å². The summed E-state index contributed by atoms with van der Waals surface area (Å²) in [4.78, 5) is 11.5. The van der Waals surface area contributed by atoms with Gasteiger partial charge in [-0.25, -0.2) is 4.79 Å². The lowest BCUT2D eigenvalue weighted by atomic mass is 10.2. The summed E-state index contributed by atoms with van der Waals surface area (Å²) in [6.45, 7) is 6.76. The van der Waals surface area contributed by atoms with E-state index in [0.29, 0.717) is 6.61 Å². The summed E-state index contributed by atoms with van der Waals surface area (Å²) in [6.07, 6.45) is 8.20. The number of hydrogen-bond donors (Lipinski definition) is 0. The maximum atomic E-state index is 11.5. The van der Waals surface area contributed by atoms with E-state index in [1.54, 1.807) is 0 Å². The van der Waals surface area contributed by atoms with Gasteiger partial charge in [0.2, 0.25) is 0 Å². The Balaban J connectivity index is 3.67. The van der Waals surface area contributed by atoms with Crippen LogP contribution in [0.2, 0.25) is 0 Å². The summed E-state index contributed by atoms with van der Waals surface area (Å²) in [5, 5.41) is 0. The molecule has 0 aliphatic carbocycles. The number of carbonyl (C=O) groups is 1. The fourth-order valence-corrected chi connectivity index (χ4v) is 1.40. The van der Waals surface area contributed by atoms with E-state index >= 15 is 0 Å². The van der Waals surface area contributed by atoms with Crippen LogP contribution >= 0.6 is 0 Å². The molecular formula is C13H24O2. The van der Waals surface area contributed by atoms with E-state index in [9.17, 15) is 4.79 Å². The molecular weight excluding hydrogens is 188 g/mol. The number of esters is 1. The minimum atomic E-state index is -0.129. The first kappa shape index (κ1) is 14.2. The molecule has 88 valence electrons. The summed E-state index contributed by atoms with van der Waals surface area (Å²) in [7, 11) is 0. The number of unbranched alkanes of at least 4 members (excludes halogenated alkanes) is 3. The van der Waals surface area contributed by atoms with Gasteiger partial charge >= 0.3 is 5.97 Å². The van der Waals surface area contributed by atoms with E-state index in [1.165, 1.54) is 12.8 Å². The topological polar surface area (TPSA) is 26.3 Å². The first-order valence-corrected chi connectivity index (χ1v) is 6.12. The van der Waals surface area contributed by atoms with Crippen LogP contribution in [0.5, 0.6) is 0 Å². The molecule has 0 saturated carbocycles. The van der Waals surface area contributed by atoms with Crippen molar-refractivity contribution in [1.29, 1.82) is 0 Å². The van der Waals surface area contributed by atoms with Crippen LogP contribution < -0.4 is 0 Å². The molecule has 2 nitrogen and oxygen atoms in total. The lowest BCUT2D eigenvalue weighted by Gasteiger charge is -2.06. The molecule has 0 spiro atoms. The van der Waals surface area contributed by atoms with Crippen LogP contribution in [0, 0.1) is 0 Å². The van der Waals surface area contributed by atoms with Crippen molar-refractivity contribution >= 4 is 5.97 Å². The van der Waals surface area contributed by atoms with Crippen LogP contribution in [0.1, 0.15) is 59.3 Å². The molecule has 0 aromatic heterocycles. The van der Waals surface area contributed by atoms with Gasteiger partial charge in [-0.3, -0.25) is 0 Å². The van der Waals surface area contributed by atoms with Gasteiger partial charge in [-0.1, -0.05) is 46.1 Å². The molecule has 0 aromatic rings. The van der Waals surface area contributed by atoms with Crippen molar-refractivity contribution in [3.63, 3.8) is 0 Å². The van der Waals surface area contributed by atoms with Crippen LogP contribution in [0.15, 0.2) is 11.6 Å². The van der Waals surface area contributed by atoms with Crippen LogP contribution in [0.25, 0.3) is 0 Å². The Morgan fingerprint density at radius 1 is 1.13 bits per heavy atom. The molecule has 0 aliphatic rings. The summed E-state index contributed by atoms with van der Waals surface area (Å²) < 4.78 is 5.19. The molecule has 2 heteroatoms. The van der Waals surface area contributed by atoms with Crippen molar-refractivity contribution in [2.75, 3.05) is 6.61 Å². The van der Waals surface area contributed by atoms with Crippen LogP contribution in [0.4, 0.5) is 0 Å². The standard InChI is InChI=1S/C13H24O2/c1-4-7-8-9-11-15-13(14)12(6-3)10-5-2/h10H,4-9,11H2,1-3H3. The van der Waals surface area contributed by atoms with Gasteiger partial charge < -0.3 is 4.74 Å². The highest BCUT2D eigenvalue weighted by atomic mass is 16.5. The van der Waals surface area contributed by atoms with Crippen molar-refractivity contribution < 1.29 is 9.53 Å². The molecule has 0 N–H and O–H groups in total. The first-order chi connectivity index (χ1) is 7.26. The van der Waals surface area contributed by atoms with Crippen molar-refractivity contribution in [3.8, 4) is 0 Å². The smallest absolute Gasteiger partial charge is 0.333 e. The van der Waals surface area contributed by atoms with E-state index < -0.39 is 0 Å². The average molecular weight is 212 g/mol. The molecule has 0 aromatic carbocycles. The lowest BCUT2D eigenvalue weighted by Crippen LogP contribution is -2.08. The van der Waals surface area contributed by atoms with E-state index in [0.717, 1.165) is 31.3 Å². The van der Waals surface area contributed by atoms with E-state index in [4.69, 9.17) is 4.74 Å². The SMILES string of the molecule is CCC=C(CC)C(=O)OCCCCCC. The van der Waals surface area contributed by atoms with Crippen LogP contribution in [-0.4, -0.2) is 12.6 Å². The molecule has 0 fully saturated rings. The third-order valence-corrected chi connectivity index (χ3v) is 2.32. The fraction of sp³-hybridized carbons (Fsp3) is 0.769. The first-order valence-electron chi connectivity index (χ1n) is 6.12. The fourth-order valence-electron chi connectivity index (χ4n) is 1.40. The molecule has 0 saturated heterocycles. The van der Waals surface area contributed by atoms with Gasteiger partial charge in [0.05, 0.1) is 6.61 Å². The molecule has 0 aliphatic heterocycles. The molecule has 0 bridgehead atoms. The zero-order chi connectivity index (χ0) is 11.5. The third kappa shape index (κ3) is 7.18. The van der Waals surface area contributed by atoms with Crippen LogP contribution in [-0.2, 0) is 9.53 Å². The minimum absolute atomic E-state index is 0.129. The second-order valence-corrected chi connectivity index (χ2v) is 3.69. The Labute approximate surface area is 93.7 Å². The Hall–Kier alpha value is -0.790. The number of carbonyl (C=O) groups excluding carboxylic acids is 1. The lowest BCUT2D eigenvalue weighted by molar-refractivity contribution is -0.139. The highest BCUT2D eigenvalue weighted by molar-refractivity contribution is 5.88. The Bertz CT molecular complexity index is 195. The zero-order valence-electron chi connectivity index (χ0n) is 10.3. The third-order valence-electron chi connectivity index (χ3n) is 2.32. The van der Waals surface area contributed by atoms with E-state index in [2.05, 4.69) is 6.92 Å². The number of ether oxygens (including phenoxy) is 1. The highest BCUT2D eigenvalue weighted by Gasteiger charge is 2.07. The Morgan fingerprint density at radius 2 is 1.87 bits per heavy atom. The molecule has 0 heterocycles. The average Bonchev–Trinajstić information content (AvgIpc) is 2.25. The largest absolute Gasteiger partial charge is 0.462 e. The van der Waals surface area contributed by atoms with Gasteiger partial charge in [-0.2, -0.15) is 0 Å². The molecule has 0 unspecified atom stereocenters. The second-order valence-electron chi connectivity index (χ2n) is 3.69. The second kappa shape index (κ2) is 9.75. The predicted molar refractivity (Wildman–Crippen MR) is 63.8 cm³/mol.